The Kier molecular flexibility index (Phi) is 4.59. The number of anilines is 2. The van der Waals surface area contributed by atoms with E-state index in [1.54, 1.807) is 6.07 Å². The highest BCUT2D eigenvalue weighted by Gasteiger charge is 2.10. The van der Waals surface area contributed by atoms with Crippen LogP contribution < -0.4 is 5.32 Å². The number of halogens is 2. The van der Waals surface area contributed by atoms with Crippen LogP contribution in [0.3, 0.4) is 0 Å². The van der Waals surface area contributed by atoms with Gasteiger partial charge in [0.2, 0.25) is 0 Å². The van der Waals surface area contributed by atoms with E-state index in [0.29, 0.717) is 22.2 Å². The number of aryl methyl sites for hydroxylation is 1. The highest BCUT2D eigenvalue weighted by Crippen LogP contribution is 2.29. The smallest absolute Gasteiger partial charge is 0.124 e. The maximum atomic E-state index is 13.5. The molecule has 0 amide bonds. The quantitative estimate of drug-likeness (QED) is 0.744. The molecule has 22 heavy (non-hydrogen) atoms. The molecule has 0 aliphatic rings. The third-order valence-electron chi connectivity index (χ3n) is 3.27. The molecule has 3 rings (SSSR count). The number of benzene rings is 2. The molecule has 0 atom stereocenters. The van der Waals surface area contributed by atoms with Gasteiger partial charge in [-0.2, -0.15) is 5.26 Å². The molecule has 3 aromatic rings. The minimum absolute atomic E-state index is 0. The third-order valence-corrected chi connectivity index (χ3v) is 3.27. The van der Waals surface area contributed by atoms with Crippen molar-refractivity contribution >= 4 is 34.7 Å². The van der Waals surface area contributed by atoms with Gasteiger partial charge >= 0.3 is 0 Å². The normalized spacial score (nSPS) is 9.86. The van der Waals surface area contributed by atoms with Crippen LogP contribution in [0.5, 0.6) is 0 Å². The Morgan fingerprint density at radius 2 is 1.86 bits per heavy atom. The SMILES string of the molecule is Cc1ccc(Nc2c(C#N)cnc3ccc(F)cc23)cc1.Cl. The summed E-state index contributed by atoms with van der Waals surface area (Å²) >= 11 is 0. The molecule has 0 spiro atoms. The Morgan fingerprint density at radius 3 is 2.55 bits per heavy atom. The Balaban J connectivity index is 0.00000176. The molecule has 0 unspecified atom stereocenters. The number of rotatable bonds is 2. The predicted octanol–water partition coefficient (Wildman–Crippen LogP) is 4.72. The van der Waals surface area contributed by atoms with Crippen molar-refractivity contribution in [3.05, 3.63) is 65.6 Å². The van der Waals surface area contributed by atoms with E-state index in [0.717, 1.165) is 11.3 Å². The van der Waals surface area contributed by atoms with Gasteiger partial charge in [0.15, 0.2) is 0 Å². The zero-order valence-electron chi connectivity index (χ0n) is 11.8. The van der Waals surface area contributed by atoms with Crippen molar-refractivity contribution in [1.29, 1.82) is 5.26 Å². The molecule has 0 bridgehead atoms. The van der Waals surface area contributed by atoms with Crippen molar-refractivity contribution in [1.82, 2.24) is 4.98 Å². The van der Waals surface area contributed by atoms with Gasteiger partial charge in [-0.15, -0.1) is 12.4 Å². The lowest BCUT2D eigenvalue weighted by molar-refractivity contribution is 0.629. The fourth-order valence-electron chi connectivity index (χ4n) is 2.17. The van der Waals surface area contributed by atoms with Gasteiger partial charge in [-0.25, -0.2) is 4.39 Å². The van der Waals surface area contributed by atoms with Crippen molar-refractivity contribution in [3.8, 4) is 6.07 Å². The van der Waals surface area contributed by atoms with Gasteiger partial charge in [0, 0.05) is 17.3 Å². The maximum Gasteiger partial charge on any atom is 0.124 e. The third kappa shape index (κ3) is 3.00. The molecule has 0 saturated heterocycles. The van der Waals surface area contributed by atoms with E-state index >= 15 is 0 Å². The van der Waals surface area contributed by atoms with E-state index in [1.807, 2.05) is 31.2 Å². The van der Waals surface area contributed by atoms with E-state index < -0.39 is 0 Å². The lowest BCUT2D eigenvalue weighted by atomic mass is 10.1. The van der Waals surface area contributed by atoms with Crippen molar-refractivity contribution in [2.24, 2.45) is 0 Å². The number of aromatic nitrogens is 1. The van der Waals surface area contributed by atoms with Crippen molar-refractivity contribution < 1.29 is 4.39 Å². The first-order valence-corrected chi connectivity index (χ1v) is 6.49. The molecule has 1 aromatic heterocycles. The first-order chi connectivity index (χ1) is 10.2. The van der Waals surface area contributed by atoms with Crippen LogP contribution >= 0.6 is 12.4 Å². The Hall–Kier alpha value is -2.64. The molecule has 110 valence electrons. The highest BCUT2D eigenvalue weighted by molar-refractivity contribution is 5.95. The van der Waals surface area contributed by atoms with Gasteiger partial charge < -0.3 is 5.32 Å². The van der Waals surface area contributed by atoms with Gasteiger partial charge in [0.1, 0.15) is 11.9 Å². The average Bonchev–Trinajstić information content (AvgIpc) is 2.50. The summed E-state index contributed by atoms with van der Waals surface area (Å²) in [4.78, 5) is 4.18. The number of hydrogen-bond acceptors (Lipinski definition) is 3. The molecule has 0 radical (unpaired) electrons. The summed E-state index contributed by atoms with van der Waals surface area (Å²) in [6, 6.07) is 14.2. The maximum absolute atomic E-state index is 13.5. The van der Waals surface area contributed by atoms with Crippen molar-refractivity contribution in [2.45, 2.75) is 6.92 Å². The number of nitriles is 1. The molecule has 3 nitrogen and oxygen atoms in total. The van der Waals surface area contributed by atoms with Crippen LogP contribution in [0, 0.1) is 24.1 Å². The number of pyridine rings is 1. The molecular formula is C17H13ClFN3. The minimum Gasteiger partial charge on any atom is -0.354 e. The van der Waals surface area contributed by atoms with Crippen LogP contribution in [0.15, 0.2) is 48.7 Å². The minimum atomic E-state index is -0.355. The van der Waals surface area contributed by atoms with Crippen LogP contribution in [-0.2, 0) is 0 Å². The molecule has 5 heteroatoms. The van der Waals surface area contributed by atoms with Crippen LogP contribution in [0.1, 0.15) is 11.1 Å². The van der Waals surface area contributed by atoms with Crippen molar-refractivity contribution in [2.75, 3.05) is 5.32 Å². The van der Waals surface area contributed by atoms with E-state index in [-0.39, 0.29) is 18.2 Å². The number of nitrogens with zero attached hydrogens (tertiary/aromatic N) is 2. The summed E-state index contributed by atoms with van der Waals surface area (Å²) in [5.74, 6) is -0.355. The molecule has 0 saturated carbocycles. The molecule has 0 aliphatic carbocycles. The number of hydrogen-bond donors (Lipinski definition) is 1. The number of fused-ring (bicyclic) bond motifs is 1. The highest BCUT2D eigenvalue weighted by atomic mass is 35.5. The molecule has 0 aliphatic heterocycles. The topological polar surface area (TPSA) is 48.7 Å². The second kappa shape index (κ2) is 6.42. The standard InChI is InChI=1S/C17H12FN3.ClH/c1-11-2-5-14(6-3-11)21-17-12(9-19)10-20-16-7-4-13(18)8-15(16)17;/h2-8,10H,1H3,(H,20,21);1H. The summed E-state index contributed by atoms with van der Waals surface area (Å²) in [5.41, 5.74) is 3.59. The Morgan fingerprint density at radius 1 is 1.14 bits per heavy atom. The van der Waals surface area contributed by atoms with Crippen molar-refractivity contribution in [3.63, 3.8) is 0 Å². The Bertz CT molecular complexity index is 854. The van der Waals surface area contributed by atoms with E-state index in [2.05, 4.69) is 16.4 Å². The zero-order valence-corrected chi connectivity index (χ0v) is 12.6. The van der Waals surface area contributed by atoms with Crippen LogP contribution in [-0.4, -0.2) is 4.98 Å². The lowest BCUT2D eigenvalue weighted by Gasteiger charge is -2.11. The predicted molar refractivity (Wildman–Crippen MR) is 88.1 cm³/mol. The summed E-state index contributed by atoms with van der Waals surface area (Å²) < 4.78 is 13.5. The van der Waals surface area contributed by atoms with Gasteiger partial charge in [0.05, 0.1) is 16.8 Å². The zero-order chi connectivity index (χ0) is 14.8. The lowest BCUT2D eigenvalue weighted by Crippen LogP contribution is -1.97. The first kappa shape index (κ1) is 15.7. The first-order valence-electron chi connectivity index (χ1n) is 6.49. The second-order valence-corrected chi connectivity index (χ2v) is 4.81. The van der Waals surface area contributed by atoms with Crippen LogP contribution in [0.25, 0.3) is 10.9 Å². The molecule has 1 heterocycles. The summed E-state index contributed by atoms with van der Waals surface area (Å²) in [6.45, 7) is 2.00. The monoisotopic (exact) mass is 313 g/mol. The van der Waals surface area contributed by atoms with E-state index in [4.69, 9.17) is 0 Å². The molecule has 1 N–H and O–H groups in total. The molecular weight excluding hydrogens is 301 g/mol. The van der Waals surface area contributed by atoms with Gasteiger partial charge in [-0.3, -0.25) is 4.98 Å². The van der Waals surface area contributed by atoms with E-state index in [1.165, 1.54) is 18.3 Å². The summed E-state index contributed by atoms with van der Waals surface area (Å²) in [5, 5.41) is 13.0. The van der Waals surface area contributed by atoms with Crippen LogP contribution in [0.2, 0.25) is 0 Å². The van der Waals surface area contributed by atoms with Gasteiger partial charge in [-0.1, -0.05) is 17.7 Å². The second-order valence-electron chi connectivity index (χ2n) is 4.81. The Labute approximate surface area is 133 Å². The van der Waals surface area contributed by atoms with Gasteiger partial charge in [-0.05, 0) is 37.3 Å². The fourth-order valence-corrected chi connectivity index (χ4v) is 2.17. The average molecular weight is 314 g/mol. The number of nitrogens with one attached hydrogen (secondary N) is 1. The largest absolute Gasteiger partial charge is 0.354 e. The van der Waals surface area contributed by atoms with Crippen LogP contribution in [0.4, 0.5) is 15.8 Å². The molecule has 0 fully saturated rings. The van der Waals surface area contributed by atoms with Gasteiger partial charge in [0.25, 0.3) is 0 Å². The summed E-state index contributed by atoms with van der Waals surface area (Å²) in [7, 11) is 0. The fraction of sp³-hybridized carbons (Fsp3) is 0.0588. The van der Waals surface area contributed by atoms with E-state index in [9.17, 15) is 9.65 Å². The molecule has 2 aromatic carbocycles. The summed E-state index contributed by atoms with van der Waals surface area (Å²) in [6.07, 6.45) is 1.50.